The van der Waals surface area contributed by atoms with Crippen molar-refractivity contribution < 1.29 is 8.42 Å². The van der Waals surface area contributed by atoms with Gasteiger partial charge in [-0.25, -0.2) is 23.1 Å². The molecule has 0 spiro atoms. The lowest BCUT2D eigenvalue weighted by atomic mass is 10.0. The van der Waals surface area contributed by atoms with Crippen molar-refractivity contribution in [3.05, 3.63) is 29.4 Å². The number of anilines is 2. The van der Waals surface area contributed by atoms with Crippen molar-refractivity contribution in [3.63, 3.8) is 0 Å². The lowest BCUT2D eigenvalue weighted by molar-refractivity contribution is 0.444. The Morgan fingerprint density at radius 3 is 2.88 bits per heavy atom. The monoisotopic (exact) mass is 395 g/mol. The summed E-state index contributed by atoms with van der Waals surface area (Å²) in [6.45, 7) is 6.92. The number of nitrogens with one attached hydrogen (secondary N) is 2. The topological polar surface area (TPSA) is 87.2 Å². The number of thiophene rings is 1. The molecule has 1 atom stereocenters. The standard InChI is InChI=1S/C17H25N5O2S2/c1-13-4-3-9-22(11-13)16-10-15(19-12-20-16)18-7-8-21-26(23,24)17-6-5-14(2)25-17/h5-6,10,12-13,21H,3-4,7-9,11H2,1-2H3,(H,18,19,20). The maximum atomic E-state index is 12.2. The Labute approximate surface area is 158 Å². The summed E-state index contributed by atoms with van der Waals surface area (Å²) in [4.78, 5) is 11.9. The number of aromatic nitrogens is 2. The fourth-order valence-electron chi connectivity index (χ4n) is 3.02. The van der Waals surface area contributed by atoms with Crippen LogP contribution in [0.1, 0.15) is 24.6 Å². The number of hydrogen-bond acceptors (Lipinski definition) is 7. The van der Waals surface area contributed by atoms with Crippen molar-refractivity contribution in [3.8, 4) is 0 Å². The van der Waals surface area contributed by atoms with E-state index in [0.717, 1.165) is 23.8 Å². The number of piperidine rings is 1. The zero-order valence-corrected chi connectivity index (χ0v) is 16.7. The Bertz CT molecular complexity index is 837. The first-order chi connectivity index (χ1) is 12.4. The third-order valence-electron chi connectivity index (χ3n) is 4.34. The van der Waals surface area contributed by atoms with Crippen LogP contribution < -0.4 is 14.9 Å². The Morgan fingerprint density at radius 1 is 1.31 bits per heavy atom. The van der Waals surface area contributed by atoms with E-state index in [-0.39, 0.29) is 0 Å². The molecule has 2 N–H and O–H groups in total. The van der Waals surface area contributed by atoms with Crippen LogP contribution in [0.15, 0.2) is 28.7 Å². The average molecular weight is 396 g/mol. The molecular weight excluding hydrogens is 370 g/mol. The molecule has 0 aromatic carbocycles. The average Bonchev–Trinajstić information content (AvgIpc) is 3.07. The summed E-state index contributed by atoms with van der Waals surface area (Å²) in [5, 5.41) is 3.16. The van der Waals surface area contributed by atoms with Crippen LogP contribution in [0.3, 0.4) is 0 Å². The molecule has 0 aliphatic carbocycles. The Hall–Kier alpha value is -1.71. The maximum absolute atomic E-state index is 12.2. The molecule has 3 rings (SSSR count). The predicted molar refractivity (Wildman–Crippen MR) is 105 cm³/mol. The molecule has 1 fully saturated rings. The van der Waals surface area contributed by atoms with Crippen molar-refractivity contribution >= 4 is 33.0 Å². The number of aryl methyl sites for hydroxylation is 1. The van der Waals surface area contributed by atoms with Gasteiger partial charge >= 0.3 is 0 Å². The Kier molecular flexibility index (Phi) is 6.10. The first kappa shape index (κ1) is 19.1. The highest BCUT2D eigenvalue weighted by molar-refractivity contribution is 7.91. The minimum Gasteiger partial charge on any atom is -0.369 e. The van der Waals surface area contributed by atoms with E-state index in [2.05, 4.69) is 31.8 Å². The molecule has 0 radical (unpaired) electrons. The SMILES string of the molecule is Cc1ccc(S(=O)(=O)NCCNc2cc(N3CCCC(C)C3)ncn2)s1. The van der Waals surface area contributed by atoms with Crippen LogP contribution in [0.25, 0.3) is 0 Å². The summed E-state index contributed by atoms with van der Waals surface area (Å²) in [6.07, 6.45) is 3.99. The first-order valence-corrected chi connectivity index (χ1v) is 11.1. The van der Waals surface area contributed by atoms with Gasteiger partial charge in [0, 0.05) is 37.1 Å². The predicted octanol–water partition coefficient (Wildman–Crippen LogP) is 2.47. The van der Waals surface area contributed by atoms with Gasteiger partial charge in [-0.2, -0.15) is 0 Å². The van der Waals surface area contributed by atoms with Gasteiger partial charge in [0.15, 0.2) is 0 Å². The van der Waals surface area contributed by atoms with Gasteiger partial charge in [-0.1, -0.05) is 6.92 Å². The van der Waals surface area contributed by atoms with E-state index in [1.54, 1.807) is 18.5 Å². The molecule has 1 aliphatic heterocycles. The normalized spacial score (nSPS) is 18.1. The van der Waals surface area contributed by atoms with Gasteiger partial charge in [0.05, 0.1) is 0 Å². The Balaban J connectivity index is 1.51. The van der Waals surface area contributed by atoms with E-state index in [1.165, 1.54) is 24.2 Å². The van der Waals surface area contributed by atoms with Crippen LogP contribution in [-0.4, -0.2) is 44.6 Å². The van der Waals surface area contributed by atoms with Gasteiger partial charge in [-0.05, 0) is 37.8 Å². The summed E-state index contributed by atoms with van der Waals surface area (Å²) >= 11 is 1.27. The van der Waals surface area contributed by atoms with Gasteiger partial charge in [0.2, 0.25) is 10.0 Å². The fourth-order valence-corrected chi connectivity index (χ4v) is 5.38. The third kappa shape index (κ3) is 4.93. The molecule has 9 heteroatoms. The van der Waals surface area contributed by atoms with Crippen molar-refractivity contribution in [1.29, 1.82) is 0 Å². The van der Waals surface area contributed by atoms with Crippen LogP contribution in [0.4, 0.5) is 11.6 Å². The molecule has 0 bridgehead atoms. The highest BCUT2D eigenvalue weighted by Crippen LogP contribution is 2.22. The molecule has 0 amide bonds. The molecule has 2 aromatic rings. The second-order valence-corrected chi connectivity index (χ2v) is 9.93. The van der Waals surface area contributed by atoms with Crippen LogP contribution in [0.2, 0.25) is 0 Å². The smallest absolute Gasteiger partial charge is 0.250 e. The van der Waals surface area contributed by atoms with Gasteiger partial charge < -0.3 is 10.2 Å². The fraction of sp³-hybridized carbons (Fsp3) is 0.529. The number of rotatable bonds is 7. The van der Waals surface area contributed by atoms with E-state index in [9.17, 15) is 8.42 Å². The van der Waals surface area contributed by atoms with Crippen molar-refractivity contribution in [1.82, 2.24) is 14.7 Å². The van der Waals surface area contributed by atoms with Crippen LogP contribution in [0, 0.1) is 12.8 Å². The summed E-state index contributed by atoms with van der Waals surface area (Å²) in [5.74, 6) is 2.30. The largest absolute Gasteiger partial charge is 0.369 e. The van der Waals surface area contributed by atoms with Crippen LogP contribution >= 0.6 is 11.3 Å². The van der Waals surface area contributed by atoms with Gasteiger partial charge in [0.1, 0.15) is 22.2 Å². The summed E-state index contributed by atoms with van der Waals surface area (Å²) in [7, 11) is -3.44. The quantitative estimate of drug-likeness (QED) is 0.701. The highest BCUT2D eigenvalue weighted by Gasteiger charge is 2.18. The molecule has 26 heavy (non-hydrogen) atoms. The van der Waals surface area contributed by atoms with Crippen molar-refractivity contribution in [2.45, 2.75) is 30.9 Å². The molecule has 7 nitrogen and oxygen atoms in total. The second kappa shape index (κ2) is 8.32. The Morgan fingerprint density at radius 2 is 2.15 bits per heavy atom. The maximum Gasteiger partial charge on any atom is 0.250 e. The van der Waals surface area contributed by atoms with E-state index in [0.29, 0.717) is 29.0 Å². The van der Waals surface area contributed by atoms with Crippen LogP contribution in [0.5, 0.6) is 0 Å². The summed E-state index contributed by atoms with van der Waals surface area (Å²) in [6, 6.07) is 5.36. The van der Waals surface area contributed by atoms with Crippen molar-refractivity contribution in [2.24, 2.45) is 5.92 Å². The molecule has 1 saturated heterocycles. The van der Waals surface area contributed by atoms with E-state index in [1.807, 2.05) is 13.0 Å². The van der Waals surface area contributed by atoms with Crippen molar-refractivity contribution in [2.75, 3.05) is 36.4 Å². The lowest BCUT2D eigenvalue weighted by Gasteiger charge is -2.31. The van der Waals surface area contributed by atoms with Crippen LogP contribution in [-0.2, 0) is 10.0 Å². The molecule has 1 unspecified atom stereocenters. The van der Waals surface area contributed by atoms with E-state index >= 15 is 0 Å². The molecular formula is C17H25N5O2S2. The third-order valence-corrected chi connectivity index (χ3v) is 7.29. The van der Waals surface area contributed by atoms with E-state index in [4.69, 9.17) is 0 Å². The first-order valence-electron chi connectivity index (χ1n) is 8.81. The minimum atomic E-state index is -3.44. The summed E-state index contributed by atoms with van der Waals surface area (Å²) < 4.78 is 27.3. The van der Waals surface area contributed by atoms with Gasteiger partial charge in [-0.3, -0.25) is 0 Å². The number of nitrogens with zero attached hydrogens (tertiary/aromatic N) is 3. The minimum absolute atomic E-state index is 0.291. The summed E-state index contributed by atoms with van der Waals surface area (Å²) in [5.41, 5.74) is 0. The van der Waals surface area contributed by atoms with Gasteiger partial charge in [0.25, 0.3) is 0 Å². The molecule has 1 aliphatic rings. The molecule has 2 aromatic heterocycles. The molecule has 142 valence electrons. The zero-order chi connectivity index (χ0) is 18.6. The second-order valence-electron chi connectivity index (χ2n) is 6.64. The number of hydrogen-bond donors (Lipinski definition) is 2. The molecule has 0 saturated carbocycles. The highest BCUT2D eigenvalue weighted by atomic mass is 32.2. The number of sulfonamides is 1. The van der Waals surface area contributed by atoms with E-state index < -0.39 is 10.0 Å². The zero-order valence-electron chi connectivity index (χ0n) is 15.1. The lowest BCUT2D eigenvalue weighted by Crippen LogP contribution is -2.34. The molecule has 3 heterocycles. The van der Waals surface area contributed by atoms with Gasteiger partial charge in [-0.15, -0.1) is 11.3 Å².